The van der Waals surface area contributed by atoms with Gasteiger partial charge < -0.3 is 10.4 Å². The molecule has 1 fully saturated rings. The van der Waals surface area contributed by atoms with Gasteiger partial charge in [0.2, 0.25) is 0 Å². The van der Waals surface area contributed by atoms with Crippen molar-refractivity contribution in [2.24, 2.45) is 0 Å². The zero-order chi connectivity index (χ0) is 14.8. The number of anilines is 1. The van der Waals surface area contributed by atoms with Crippen LogP contribution in [0.2, 0.25) is 0 Å². The van der Waals surface area contributed by atoms with E-state index in [4.69, 9.17) is 5.11 Å². The maximum atomic E-state index is 13.2. The standard InChI is InChI=1S/C15H14FN3O2/c16-11-3-1-2-9(4-11)10-5-12(6-10)19-14-8-17-13(7-18-14)15(20)21/h1-4,7-8,10,12H,5-6H2,(H,18,19)(H,20,21). The predicted molar refractivity (Wildman–Crippen MR) is 74.8 cm³/mol. The second-order valence-corrected chi connectivity index (χ2v) is 5.16. The number of nitrogens with zero attached hydrogens (tertiary/aromatic N) is 2. The largest absolute Gasteiger partial charge is 0.476 e. The molecule has 0 saturated heterocycles. The van der Waals surface area contributed by atoms with Crippen LogP contribution in [0.4, 0.5) is 10.2 Å². The summed E-state index contributed by atoms with van der Waals surface area (Å²) in [4.78, 5) is 18.5. The molecular weight excluding hydrogens is 273 g/mol. The van der Waals surface area contributed by atoms with Crippen LogP contribution in [0, 0.1) is 5.82 Å². The van der Waals surface area contributed by atoms with E-state index < -0.39 is 5.97 Å². The zero-order valence-electron chi connectivity index (χ0n) is 11.2. The molecule has 5 nitrogen and oxygen atoms in total. The van der Waals surface area contributed by atoms with E-state index in [1.807, 2.05) is 6.07 Å². The number of hydrogen-bond acceptors (Lipinski definition) is 4. The molecule has 0 aliphatic heterocycles. The van der Waals surface area contributed by atoms with E-state index in [1.54, 1.807) is 12.1 Å². The van der Waals surface area contributed by atoms with Gasteiger partial charge in [-0.05, 0) is 36.5 Å². The Hall–Kier alpha value is -2.50. The molecular formula is C15H14FN3O2. The molecule has 1 aromatic heterocycles. The Kier molecular flexibility index (Phi) is 3.51. The van der Waals surface area contributed by atoms with Gasteiger partial charge in [0.05, 0.1) is 12.4 Å². The average Bonchev–Trinajstić information content (AvgIpc) is 2.43. The minimum absolute atomic E-state index is 0.0770. The molecule has 3 rings (SSSR count). The SMILES string of the molecule is O=C(O)c1cnc(NC2CC(c3cccc(F)c3)C2)cn1. The molecule has 108 valence electrons. The number of hydrogen-bond donors (Lipinski definition) is 2. The van der Waals surface area contributed by atoms with Crippen LogP contribution >= 0.6 is 0 Å². The molecule has 0 bridgehead atoms. The summed E-state index contributed by atoms with van der Waals surface area (Å²) in [6, 6.07) is 6.93. The van der Waals surface area contributed by atoms with E-state index >= 15 is 0 Å². The normalized spacial score (nSPS) is 20.6. The first-order chi connectivity index (χ1) is 10.1. The van der Waals surface area contributed by atoms with E-state index in [1.165, 1.54) is 18.5 Å². The summed E-state index contributed by atoms with van der Waals surface area (Å²) in [6.07, 6.45) is 4.43. The molecule has 6 heteroatoms. The monoisotopic (exact) mass is 287 g/mol. The molecule has 1 aromatic carbocycles. The number of carboxylic acid groups (broad SMARTS) is 1. The van der Waals surface area contributed by atoms with Crippen molar-refractivity contribution < 1.29 is 14.3 Å². The topological polar surface area (TPSA) is 75.1 Å². The number of carbonyl (C=O) groups is 1. The van der Waals surface area contributed by atoms with E-state index in [9.17, 15) is 9.18 Å². The van der Waals surface area contributed by atoms with Gasteiger partial charge >= 0.3 is 5.97 Å². The number of aromatic nitrogens is 2. The molecule has 0 unspecified atom stereocenters. The summed E-state index contributed by atoms with van der Waals surface area (Å²) in [7, 11) is 0. The lowest BCUT2D eigenvalue weighted by Gasteiger charge is -2.36. The number of benzene rings is 1. The van der Waals surface area contributed by atoms with Crippen molar-refractivity contribution in [2.75, 3.05) is 5.32 Å². The van der Waals surface area contributed by atoms with Crippen molar-refractivity contribution in [3.63, 3.8) is 0 Å². The molecule has 1 aliphatic carbocycles. The zero-order valence-corrected chi connectivity index (χ0v) is 11.2. The van der Waals surface area contributed by atoms with Crippen molar-refractivity contribution >= 4 is 11.8 Å². The molecule has 0 spiro atoms. The Bertz CT molecular complexity index is 654. The van der Waals surface area contributed by atoms with Crippen LogP contribution in [0.15, 0.2) is 36.7 Å². The highest BCUT2D eigenvalue weighted by Gasteiger charge is 2.30. The highest BCUT2D eigenvalue weighted by Crippen LogP contribution is 2.38. The summed E-state index contributed by atoms with van der Waals surface area (Å²) in [5.74, 6) is -0.393. The van der Waals surface area contributed by atoms with Crippen LogP contribution in [0.25, 0.3) is 0 Å². The first-order valence-corrected chi connectivity index (χ1v) is 6.69. The fourth-order valence-electron chi connectivity index (χ4n) is 2.49. The van der Waals surface area contributed by atoms with Gasteiger partial charge in [0.25, 0.3) is 0 Å². The first kappa shape index (κ1) is 13.5. The minimum Gasteiger partial charge on any atom is -0.476 e. The summed E-state index contributed by atoms with van der Waals surface area (Å²) >= 11 is 0. The van der Waals surface area contributed by atoms with E-state index in [2.05, 4.69) is 15.3 Å². The third-order valence-electron chi connectivity index (χ3n) is 3.68. The number of carboxylic acids is 1. The third-order valence-corrected chi connectivity index (χ3v) is 3.68. The summed E-state index contributed by atoms with van der Waals surface area (Å²) in [5.41, 5.74) is 0.937. The van der Waals surface area contributed by atoms with Crippen molar-refractivity contribution in [1.29, 1.82) is 0 Å². The highest BCUT2D eigenvalue weighted by atomic mass is 19.1. The fourth-order valence-corrected chi connectivity index (χ4v) is 2.49. The third kappa shape index (κ3) is 2.99. The van der Waals surface area contributed by atoms with Crippen molar-refractivity contribution in [3.05, 3.63) is 53.7 Å². The fraction of sp³-hybridized carbons (Fsp3) is 0.267. The van der Waals surface area contributed by atoms with E-state index in [0.717, 1.165) is 18.4 Å². The lowest BCUT2D eigenvalue weighted by Crippen LogP contribution is -2.34. The van der Waals surface area contributed by atoms with E-state index in [-0.39, 0.29) is 17.6 Å². The van der Waals surface area contributed by atoms with Crippen LogP contribution < -0.4 is 5.32 Å². The minimum atomic E-state index is -1.09. The van der Waals surface area contributed by atoms with Crippen molar-refractivity contribution in [2.45, 2.75) is 24.8 Å². The summed E-state index contributed by atoms with van der Waals surface area (Å²) in [5, 5.41) is 11.9. The summed E-state index contributed by atoms with van der Waals surface area (Å²) < 4.78 is 13.2. The van der Waals surface area contributed by atoms with Crippen LogP contribution in [0.1, 0.15) is 34.8 Å². The highest BCUT2D eigenvalue weighted by molar-refractivity contribution is 5.84. The lowest BCUT2D eigenvalue weighted by molar-refractivity contribution is 0.0690. The molecule has 0 atom stereocenters. The van der Waals surface area contributed by atoms with Crippen molar-refractivity contribution in [1.82, 2.24) is 9.97 Å². The lowest BCUT2D eigenvalue weighted by atomic mass is 9.76. The summed E-state index contributed by atoms with van der Waals surface area (Å²) in [6.45, 7) is 0. The van der Waals surface area contributed by atoms with Gasteiger partial charge in [0.15, 0.2) is 5.69 Å². The molecule has 1 aliphatic rings. The van der Waals surface area contributed by atoms with Gasteiger partial charge in [0.1, 0.15) is 11.6 Å². The molecule has 2 N–H and O–H groups in total. The van der Waals surface area contributed by atoms with Crippen molar-refractivity contribution in [3.8, 4) is 0 Å². The molecule has 1 heterocycles. The van der Waals surface area contributed by atoms with Gasteiger partial charge in [-0.1, -0.05) is 12.1 Å². The van der Waals surface area contributed by atoms with Gasteiger partial charge in [-0.3, -0.25) is 0 Å². The second kappa shape index (κ2) is 5.47. The van der Waals surface area contributed by atoms with Gasteiger partial charge in [-0.15, -0.1) is 0 Å². The Morgan fingerprint density at radius 3 is 2.71 bits per heavy atom. The number of rotatable bonds is 4. The van der Waals surface area contributed by atoms with Crippen LogP contribution in [-0.2, 0) is 0 Å². The second-order valence-electron chi connectivity index (χ2n) is 5.16. The van der Waals surface area contributed by atoms with Crippen LogP contribution in [0.5, 0.6) is 0 Å². The number of aromatic carboxylic acids is 1. The smallest absolute Gasteiger partial charge is 0.356 e. The van der Waals surface area contributed by atoms with Gasteiger partial charge in [0, 0.05) is 6.04 Å². The Morgan fingerprint density at radius 2 is 2.10 bits per heavy atom. The molecule has 21 heavy (non-hydrogen) atoms. The van der Waals surface area contributed by atoms with E-state index in [0.29, 0.717) is 11.7 Å². The maximum Gasteiger partial charge on any atom is 0.356 e. The van der Waals surface area contributed by atoms with Crippen LogP contribution in [0.3, 0.4) is 0 Å². The van der Waals surface area contributed by atoms with Gasteiger partial charge in [-0.2, -0.15) is 0 Å². The predicted octanol–water partition coefficient (Wildman–Crippen LogP) is 2.67. The number of halogens is 1. The average molecular weight is 287 g/mol. The number of nitrogens with one attached hydrogen (secondary N) is 1. The Labute approximate surface area is 120 Å². The molecule has 2 aromatic rings. The molecule has 0 radical (unpaired) electrons. The van der Waals surface area contributed by atoms with Crippen LogP contribution in [-0.4, -0.2) is 27.1 Å². The van der Waals surface area contributed by atoms with Gasteiger partial charge in [-0.25, -0.2) is 19.2 Å². The molecule has 0 amide bonds. The maximum absolute atomic E-state index is 13.2. The Balaban J connectivity index is 1.56. The molecule has 1 saturated carbocycles. The first-order valence-electron chi connectivity index (χ1n) is 6.69. The quantitative estimate of drug-likeness (QED) is 0.904. The Morgan fingerprint density at radius 1 is 1.29 bits per heavy atom.